The largest absolute Gasteiger partial charge is 0.423 e. The molecule has 2 atom stereocenters. The molecule has 9 heteroatoms. The lowest BCUT2D eigenvalue weighted by atomic mass is 9.93. The predicted octanol–water partition coefficient (Wildman–Crippen LogP) is 1.04. The summed E-state index contributed by atoms with van der Waals surface area (Å²) in [6.45, 7) is 4.06. The van der Waals surface area contributed by atoms with Crippen molar-refractivity contribution in [1.29, 1.82) is 0 Å². The maximum Gasteiger partial charge on any atom is 0.235 e. The van der Waals surface area contributed by atoms with Crippen LogP contribution in [-0.2, 0) is 29.6 Å². The third-order valence-corrected chi connectivity index (χ3v) is 5.46. The van der Waals surface area contributed by atoms with Gasteiger partial charge in [-0.2, -0.15) is 5.10 Å². The van der Waals surface area contributed by atoms with Crippen LogP contribution in [0.5, 0.6) is 0 Å². The number of aryl methyl sites for hydroxylation is 2. The lowest BCUT2D eigenvalue weighted by molar-refractivity contribution is -0.129. The van der Waals surface area contributed by atoms with E-state index in [1.165, 1.54) is 0 Å². The smallest absolute Gasteiger partial charge is 0.235 e. The number of hydrogen-bond acceptors (Lipinski definition) is 6. The number of nitrogens with zero attached hydrogens (tertiary/aromatic N) is 5. The molecule has 9 nitrogen and oxygen atoms in total. The quantitative estimate of drug-likeness (QED) is 0.812. The van der Waals surface area contributed by atoms with Crippen LogP contribution in [0.1, 0.15) is 55.3 Å². The monoisotopic (exact) mass is 372 g/mol. The van der Waals surface area contributed by atoms with Crippen LogP contribution in [-0.4, -0.2) is 42.7 Å². The Morgan fingerprint density at radius 1 is 1.33 bits per heavy atom. The van der Waals surface area contributed by atoms with E-state index in [1.54, 1.807) is 10.9 Å². The fourth-order valence-corrected chi connectivity index (χ4v) is 3.74. The number of likely N-dealkylation sites (tertiary alicyclic amines) is 1. The highest BCUT2D eigenvalue weighted by Crippen LogP contribution is 2.45. The molecule has 2 aromatic rings. The number of carbonyl (C=O) groups excluding carboxylic acids is 2. The van der Waals surface area contributed by atoms with Gasteiger partial charge in [0.2, 0.25) is 23.6 Å². The topological polar surface area (TPSA) is 106 Å². The molecule has 0 unspecified atom stereocenters. The van der Waals surface area contributed by atoms with E-state index in [-0.39, 0.29) is 36.9 Å². The summed E-state index contributed by atoms with van der Waals surface area (Å²) in [5, 5.41) is 15.0. The normalized spacial score (nSPS) is 22.5. The Morgan fingerprint density at radius 2 is 2.07 bits per heavy atom. The average molecular weight is 372 g/mol. The Kier molecular flexibility index (Phi) is 4.45. The van der Waals surface area contributed by atoms with Gasteiger partial charge in [0, 0.05) is 37.2 Å². The molecule has 1 aliphatic carbocycles. The Balaban J connectivity index is 1.54. The molecule has 4 rings (SSSR count). The van der Waals surface area contributed by atoms with Crippen molar-refractivity contribution >= 4 is 11.8 Å². The van der Waals surface area contributed by atoms with Gasteiger partial charge in [-0.05, 0) is 19.8 Å². The molecule has 0 spiro atoms. The zero-order chi connectivity index (χ0) is 19.1. The van der Waals surface area contributed by atoms with Crippen molar-refractivity contribution in [3.8, 4) is 0 Å². The summed E-state index contributed by atoms with van der Waals surface area (Å²) in [7, 11) is 1.87. The molecular weight excluding hydrogens is 348 g/mol. The molecule has 1 N–H and O–H groups in total. The van der Waals surface area contributed by atoms with Gasteiger partial charge >= 0.3 is 0 Å². The van der Waals surface area contributed by atoms with Gasteiger partial charge in [0.25, 0.3) is 0 Å². The SMILES string of the molecule is CCc1nnc(CNC(=O)[C@@H]2CC(=O)N(C3CC3)[C@H]2c2cnn(C)c2C)o1. The van der Waals surface area contributed by atoms with Gasteiger partial charge in [0.1, 0.15) is 0 Å². The predicted molar refractivity (Wildman–Crippen MR) is 94.2 cm³/mol. The minimum absolute atomic E-state index is 0.0389. The average Bonchev–Trinajstić information content (AvgIpc) is 3.15. The summed E-state index contributed by atoms with van der Waals surface area (Å²) in [5.74, 6) is 0.333. The highest BCUT2D eigenvalue weighted by atomic mass is 16.4. The molecule has 2 aromatic heterocycles. The molecule has 0 aromatic carbocycles. The molecule has 2 amide bonds. The Labute approximate surface area is 157 Å². The molecule has 1 aliphatic heterocycles. The van der Waals surface area contributed by atoms with Crippen molar-refractivity contribution in [2.75, 3.05) is 0 Å². The maximum absolute atomic E-state index is 12.9. The molecule has 2 aliphatic rings. The van der Waals surface area contributed by atoms with E-state index in [0.29, 0.717) is 18.2 Å². The maximum atomic E-state index is 12.9. The van der Waals surface area contributed by atoms with Gasteiger partial charge in [0.05, 0.1) is 24.7 Å². The molecule has 0 bridgehead atoms. The van der Waals surface area contributed by atoms with E-state index in [4.69, 9.17) is 4.42 Å². The van der Waals surface area contributed by atoms with Crippen molar-refractivity contribution in [2.45, 2.75) is 58.2 Å². The fourth-order valence-electron chi connectivity index (χ4n) is 3.74. The van der Waals surface area contributed by atoms with E-state index in [2.05, 4.69) is 20.6 Å². The minimum atomic E-state index is -0.449. The summed E-state index contributed by atoms with van der Waals surface area (Å²) >= 11 is 0. The summed E-state index contributed by atoms with van der Waals surface area (Å²) in [5.41, 5.74) is 1.92. The second-order valence-corrected chi connectivity index (χ2v) is 7.26. The second kappa shape index (κ2) is 6.79. The molecule has 2 fully saturated rings. The Hall–Kier alpha value is -2.71. The van der Waals surface area contributed by atoms with Crippen molar-refractivity contribution in [3.63, 3.8) is 0 Å². The first kappa shape index (κ1) is 17.7. The summed E-state index contributed by atoms with van der Waals surface area (Å²) in [4.78, 5) is 27.5. The first-order valence-electron chi connectivity index (χ1n) is 9.38. The number of aromatic nitrogens is 4. The zero-order valence-corrected chi connectivity index (χ0v) is 15.8. The van der Waals surface area contributed by atoms with Gasteiger partial charge < -0.3 is 14.6 Å². The van der Waals surface area contributed by atoms with Crippen molar-refractivity contribution in [3.05, 3.63) is 29.2 Å². The van der Waals surface area contributed by atoms with Gasteiger partial charge in [0.15, 0.2) is 0 Å². The van der Waals surface area contributed by atoms with E-state index in [1.807, 2.05) is 25.8 Å². The molecule has 1 saturated carbocycles. The van der Waals surface area contributed by atoms with E-state index >= 15 is 0 Å². The molecule has 144 valence electrons. The third kappa shape index (κ3) is 3.22. The summed E-state index contributed by atoms with van der Waals surface area (Å²) < 4.78 is 7.22. The standard InChI is InChI=1S/C18H24N6O3/c1-4-14-21-22-15(27-14)9-19-18(26)12-7-16(25)24(11-5-6-11)17(12)13-8-20-23(3)10(13)2/h8,11-12,17H,4-7,9H2,1-3H3,(H,19,26)/t12-,17-/m1/s1. The number of hydrogen-bond donors (Lipinski definition) is 1. The number of nitrogens with one attached hydrogen (secondary N) is 1. The van der Waals surface area contributed by atoms with Crippen molar-refractivity contribution in [2.24, 2.45) is 13.0 Å². The highest BCUT2D eigenvalue weighted by Gasteiger charge is 2.50. The van der Waals surface area contributed by atoms with Gasteiger partial charge in [-0.1, -0.05) is 6.92 Å². The van der Waals surface area contributed by atoms with E-state index in [0.717, 1.165) is 24.1 Å². The molecule has 3 heterocycles. The van der Waals surface area contributed by atoms with Gasteiger partial charge in [-0.25, -0.2) is 0 Å². The van der Waals surface area contributed by atoms with Crippen LogP contribution < -0.4 is 5.32 Å². The molecule has 0 radical (unpaired) electrons. The van der Waals surface area contributed by atoms with Gasteiger partial charge in [-0.15, -0.1) is 10.2 Å². The van der Waals surface area contributed by atoms with Crippen molar-refractivity contribution in [1.82, 2.24) is 30.2 Å². The van der Waals surface area contributed by atoms with E-state index in [9.17, 15) is 9.59 Å². The van der Waals surface area contributed by atoms with Gasteiger partial charge in [-0.3, -0.25) is 14.3 Å². The van der Waals surface area contributed by atoms with Crippen LogP contribution in [0.25, 0.3) is 0 Å². The fraction of sp³-hybridized carbons (Fsp3) is 0.611. The van der Waals surface area contributed by atoms with E-state index < -0.39 is 5.92 Å². The molecular formula is C18H24N6O3. The van der Waals surface area contributed by atoms with Crippen molar-refractivity contribution < 1.29 is 14.0 Å². The Bertz CT molecular complexity index is 868. The second-order valence-electron chi connectivity index (χ2n) is 7.26. The van der Waals surface area contributed by atoms with Crippen LogP contribution in [0.15, 0.2) is 10.6 Å². The highest BCUT2D eigenvalue weighted by molar-refractivity contribution is 5.90. The molecule has 1 saturated heterocycles. The minimum Gasteiger partial charge on any atom is -0.423 e. The first-order chi connectivity index (χ1) is 13.0. The third-order valence-electron chi connectivity index (χ3n) is 5.46. The number of carbonyl (C=O) groups is 2. The van der Waals surface area contributed by atoms with Crippen LogP contribution >= 0.6 is 0 Å². The lowest BCUT2D eigenvalue weighted by Crippen LogP contribution is -2.36. The van der Waals surface area contributed by atoms with Crippen LogP contribution in [0.3, 0.4) is 0 Å². The van der Waals surface area contributed by atoms with Crippen LogP contribution in [0.2, 0.25) is 0 Å². The zero-order valence-electron chi connectivity index (χ0n) is 15.8. The summed E-state index contributed by atoms with van der Waals surface area (Å²) in [6, 6.07) is -0.0319. The Morgan fingerprint density at radius 3 is 2.67 bits per heavy atom. The van der Waals surface area contributed by atoms with Crippen LogP contribution in [0, 0.1) is 12.8 Å². The van der Waals surface area contributed by atoms with Crippen LogP contribution in [0.4, 0.5) is 0 Å². The number of amides is 2. The number of rotatable bonds is 6. The first-order valence-corrected chi connectivity index (χ1v) is 9.38. The lowest BCUT2D eigenvalue weighted by Gasteiger charge is -2.27. The molecule has 27 heavy (non-hydrogen) atoms. The summed E-state index contributed by atoms with van der Waals surface area (Å²) in [6.07, 6.45) is 4.64.